The average Bonchev–Trinajstić information content (AvgIpc) is 2.51. The summed E-state index contributed by atoms with van der Waals surface area (Å²) in [6.45, 7) is 4.37. The fourth-order valence-corrected chi connectivity index (χ4v) is 3.06. The van der Waals surface area contributed by atoms with E-state index in [1.807, 2.05) is 0 Å². The van der Waals surface area contributed by atoms with E-state index in [0.717, 1.165) is 12.8 Å². The van der Waals surface area contributed by atoms with Crippen LogP contribution in [0.25, 0.3) is 21.5 Å². The molecule has 0 aromatic heterocycles. The molecule has 3 rings (SSSR count). The van der Waals surface area contributed by atoms with Gasteiger partial charge in [-0.25, -0.2) is 0 Å². The molecule has 0 radical (unpaired) electrons. The molecule has 0 saturated carbocycles. The first-order chi connectivity index (χ1) is 9.72. The van der Waals surface area contributed by atoms with E-state index in [4.69, 9.17) is 5.73 Å². The number of aryl methyl sites for hydroxylation is 1. The van der Waals surface area contributed by atoms with E-state index in [-0.39, 0.29) is 18.4 Å². The molecular formula is C19H22ClN. The summed E-state index contributed by atoms with van der Waals surface area (Å²) in [5, 5.41) is 5.41. The predicted octanol–water partition coefficient (Wildman–Crippen LogP) is 5.00. The average molecular weight is 300 g/mol. The third-order valence-electron chi connectivity index (χ3n) is 4.30. The van der Waals surface area contributed by atoms with Crippen LogP contribution in [0.15, 0.2) is 48.5 Å². The number of fused-ring (bicyclic) bond motifs is 2. The van der Waals surface area contributed by atoms with E-state index in [9.17, 15) is 0 Å². The van der Waals surface area contributed by atoms with Crippen molar-refractivity contribution in [1.82, 2.24) is 0 Å². The quantitative estimate of drug-likeness (QED) is 0.676. The van der Waals surface area contributed by atoms with E-state index in [2.05, 4.69) is 62.4 Å². The molecule has 0 aliphatic heterocycles. The lowest BCUT2D eigenvalue weighted by Crippen LogP contribution is -2.21. The van der Waals surface area contributed by atoms with Crippen molar-refractivity contribution in [2.45, 2.75) is 32.7 Å². The Kier molecular flexibility index (Phi) is 4.87. The van der Waals surface area contributed by atoms with Crippen LogP contribution in [0.1, 0.15) is 24.5 Å². The van der Waals surface area contributed by atoms with Crippen molar-refractivity contribution in [1.29, 1.82) is 0 Å². The molecule has 1 nitrogen and oxygen atoms in total. The maximum absolute atomic E-state index is 6.23. The molecule has 3 aromatic rings. The topological polar surface area (TPSA) is 26.0 Å². The number of hydrogen-bond acceptors (Lipinski definition) is 1. The van der Waals surface area contributed by atoms with E-state index < -0.39 is 0 Å². The molecule has 2 N–H and O–H groups in total. The van der Waals surface area contributed by atoms with Crippen molar-refractivity contribution in [2.75, 3.05) is 0 Å². The van der Waals surface area contributed by atoms with Gasteiger partial charge in [0.1, 0.15) is 0 Å². The minimum Gasteiger partial charge on any atom is -0.327 e. The molecule has 0 saturated heterocycles. The number of benzene rings is 3. The molecule has 3 aromatic carbocycles. The van der Waals surface area contributed by atoms with Crippen molar-refractivity contribution in [2.24, 2.45) is 5.73 Å². The summed E-state index contributed by atoms with van der Waals surface area (Å²) in [4.78, 5) is 0. The molecule has 2 heteroatoms. The Morgan fingerprint density at radius 2 is 1.29 bits per heavy atom. The normalized spacial score (nSPS) is 12.3. The van der Waals surface area contributed by atoms with Gasteiger partial charge in [0.2, 0.25) is 0 Å². The van der Waals surface area contributed by atoms with Gasteiger partial charge in [0.05, 0.1) is 0 Å². The third kappa shape index (κ3) is 2.76. The van der Waals surface area contributed by atoms with Gasteiger partial charge in [-0.3, -0.25) is 0 Å². The molecular weight excluding hydrogens is 278 g/mol. The first-order valence-corrected chi connectivity index (χ1v) is 7.37. The standard InChI is InChI=1S/C19H21N.ClH/c1-3-14(20)12-19-17-10-6-4-8-15(17)13(2)16-9-5-7-11-18(16)19;/h4-11,14H,3,12,20H2,1-2H3;1H. The van der Waals surface area contributed by atoms with Gasteiger partial charge in [-0.05, 0) is 52.4 Å². The minimum atomic E-state index is 0. The Bertz CT molecular complexity index is 707. The van der Waals surface area contributed by atoms with Crippen LogP contribution in [0.3, 0.4) is 0 Å². The number of rotatable bonds is 3. The van der Waals surface area contributed by atoms with Crippen LogP contribution in [-0.2, 0) is 6.42 Å². The molecule has 1 unspecified atom stereocenters. The molecule has 1 atom stereocenters. The fourth-order valence-electron chi connectivity index (χ4n) is 3.06. The first-order valence-electron chi connectivity index (χ1n) is 7.37. The van der Waals surface area contributed by atoms with Gasteiger partial charge in [0.25, 0.3) is 0 Å². The lowest BCUT2D eigenvalue weighted by molar-refractivity contribution is 0.651. The van der Waals surface area contributed by atoms with E-state index in [1.54, 1.807) is 0 Å². The van der Waals surface area contributed by atoms with Crippen LogP contribution in [0, 0.1) is 6.92 Å². The molecule has 0 amide bonds. The Balaban J connectivity index is 0.00000161. The predicted molar refractivity (Wildman–Crippen MR) is 95.4 cm³/mol. The summed E-state index contributed by atoms with van der Waals surface area (Å²) in [5.74, 6) is 0. The second-order valence-electron chi connectivity index (χ2n) is 5.57. The Morgan fingerprint density at radius 1 is 0.857 bits per heavy atom. The SMILES string of the molecule is CCC(N)Cc1c2ccccc2c(C)c2ccccc12.Cl. The zero-order chi connectivity index (χ0) is 14.1. The number of nitrogens with two attached hydrogens (primary N) is 1. The Morgan fingerprint density at radius 3 is 1.71 bits per heavy atom. The first kappa shape index (κ1) is 15.8. The van der Waals surface area contributed by atoms with Crippen LogP contribution in [-0.4, -0.2) is 6.04 Å². The lowest BCUT2D eigenvalue weighted by Gasteiger charge is -2.17. The molecule has 0 aliphatic carbocycles. The summed E-state index contributed by atoms with van der Waals surface area (Å²) in [6.07, 6.45) is 1.95. The van der Waals surface area contributed by atoms with Crippen LogP contribution < -0.4 is 5.73 Å². The molecule has 0 bridgehead atoms. The molecule has 0 heterocycles. The second-order valence-corrected chi connectivity index (χ2v) is 5.57. The van der Waals surface area contributed by atoms with Crippen molar-refractivity contribution in [3.8, 4) is 0 Å². The fraction of sp³-hybridized carbons (Fsp3) is 0.263. The van der Waals surface area contributed by atoms with Crippen molar-refractivity contribution in [3.63, 3.8) is 0 Å². The number of hydrogen-bond donors (Lipinski definition) is 1. The largest absolute Gasteiger partial charge is 0.327 e. The smallest absolute Gasteiger partial charge is 0.00771 e. The van der Waals surface area contributed by atoms with Crippen LogP contribution in [0.5, 0.6) is 0 Å². The lowest BCUT2D eigenvalue weighted by atomic mass is 9.89. The molecule has 21 heavy (non-hydrogen) atoms. The van der Waals surface area contributed by atoms with E-state index in [1.165, 1.54) is 32.7 Å². The maximum Gasteiger partial charge on any atom is 0.00771 e. The summed E-state index contributed by atoms with van der Waals surface area (Å²) < 4.78 is 0. The monoisotopic (exact) mass is 299 g/mol. The summed E-state index contributed by atoms with van der Waals surface area (Å²) in [5.41, 5.74) is 8.99. The van der Waals surface area contributed by atoms with Gasteiger partial charge in [-0.15, -0.1) is 12.4 Å². The van der Waals surface area contributed by atoms with Gasteiger partial charge in [0.15, 0.2) is 0 Å². The highest BCUT2D eigenvalue weighted by Gasteiger charge is 2.12. The summed E-state index contributed by atoms with van der Waals surface area (Å²) in [7, 11) is 0. The number of halogens is 1. The minimum absolute atomic E-state index is 0. The summed E-state index contributed by atoms with van der Waals surface area (Å²) >= 11 is 0. The molecule has 0 fully saturated rings. The van der Waals surface area contributed by atoms with Gasteiger partial charge in [-0.1, -0.05) is 55.5 Å². The van der Waals surface area contributed by atoms with Crippen LogP contribution >= 0.6 is 12.4 Å². The Hall–Kier alpha value is -1.57. The highest BCUT2D eigenvalue weighted by molar-refractivity contribution is 6.05. The van der Waals surface area contributed by atoms with E-state index in [0.29, 0.717) is 0 Å². The highest BCUT2D eigenvalue weighted by Crippen LogP contribution is 2.33. The Labute approximate surface area is 132 Å². The van der Waals surface area contributed by atoms with E-state index >= 15 is 0 Å². The van der Waals surface area contributed by atoms with Crippen molar-refractivity contribution in [3.05, 3.63) is 59.7 Å². The van der Waals surface area contributed by atoms with Crippen LogP contribution in [0.4, 0.5) is 0 Å². The van der Waals surface area contributed by atoms with Gasteiger partial charge in [0, 0.05) is 6.04 Å². The molecule has 0 aliphatic rings. The molecule has 0 spiro atoms. The van der Waals surface area contributed by atoms with Gasteiger partial charge >= 0.3 is 0 Å². The zero-order valence-corrected chi connectivity index (χ0v) is 13.4. The highest BCUT2D eigenvalue weighted by atomic mass is 35.5. The summed E-state index contributed by atoms with van der Waals surface area (Å²) in [6, 6.07) is 17.6. The van der Waals surface area contributed by atoms with Crippen molar-refractivity contribution < 1.29 is 0 Å². The van der Waals surface area contributed by atoms with Crippen molar-refractivity contribution >= 4 is 34.0 Å². The molecule has 110 valence electrons. The zero-order valence-electron chi connectivity index (χ0n) is 12.6. The van der Waals surface area contributed by atoms with Gasteiger partial charge < -0.3 is 5.73 Å². The van der Waals surface area contributed by atoms with Crippen LogP contribution in [0.2, 0.25) is 0 Å². The van der Waals surface area contributed by atoms with Gasteiger partial charge in [-0.2, -0.15) is 0 Å². The second kappa shape index (κ2) is 6.46. The third-order valence-corrected chi connectivity index (χ3v) is 4.30. The maximum atomic E-state index is 6.23.